The first-order valence-electron chi connectivity index (χ1n) is 5.93. The summed E-state index contributed by atoms with van der Waals surface area (Å²) in [5, 5.41) is 28.8. The second-order valence-corrected chi connectivity index (χ2v) is 4.39. The molecule has 6 heteroatoms. The van der Waals surface area contributed by atoms with E-state index in [4.69, 9.17) is 9.47 Å². The number of piperidine rings is 1. The zero-order chi connectivity index (χ0) is 12.8. The Bertz CT molecular complexity index is 216. The van der Waals surface area contributed by atoms with Gasteiger partial charge in [-0.05, 0) is 6.92 Å². The van der Waals surface area contributed by atoms with Crippen molar-refractivity contribution in [1.82, 2.24) is 4.90 Å². The van der Waals surface area contributed by atoms with Gasteiger partial charge >= 0.3 is 0 Å². The van der Waals surface area contributed by atoms with E-state index in [2.05, 4.69) is 0 Å². The van der Waals surface area contributed by atoms with Gasteiger partial charge in [0.2, 0.25) is 0 Å². The van der Waals surface area contributed by atoms with Gasteiger partial charge in [0.25, 0.3) is 0 Å². The zero-order valence-electron chi connectivity index (χ0n) is 10.5. The largest absolute Gasteiger partial charge is 0.389 e. The number of β-amino-alcohol motifs (C(OH)–C–C–N with tert-alkyl or cyclic N) is 1. The molecular weight excluding hydrogens is 226 g/mol. The topological polar surface area (TPSA) is 82.4 Å². The molecule has 0 aromatic rings. The number of hydrogen-bond donors (Lipinski definition) is 3. The van der Waals surface area contributed by atoms with E-state index in [0.29, 0.717) is 32.9 Å². The second-order valence-electron chi connectivity index (χ2n) is 4.39. The highest BCUT2D eigenvalue weighted by Gasteiger charge is 2.38. The molecule has 102 valence electrons. The fourth-order valence-electron chi connectivity index (χ4n) is 1.96. The van der Waals surface area contributed by atoms with Gasteiger partial charge in [-0.2, -0.15) is 0 Å². The van der Waals surface area contributed by atoms with Crippen LogP contribution in [0.5, 0.6) is 0 Å². The molecule has 1 aliphatic rings. The standard InChI is InChI=1S/C11H23NO5/c1-8-10(14)11(15)9(13)7-12(8)3-4-17-6-5-16-2/h8-11,13-15H,3-7H2,1-2H3. The summed E-state index contributed by atoms with van der Waals surface area (Å²) in [6.45, 7) is 4.41. The van der Waals surface area contributed by atoms with Gasteiger partial charge in [-0.3, -0.25) is 4.90 Å². The van der Waals surface area contributed by atoms with E-state index < -0.39 is 18.3 Å². The highest BCUT2D eigenvalue weighted by Crippen LogP contribution is 2.18. The first kappa shape index (κ1) is 14.8. The first-order chi connectivity index (χ1) is 8.07. The molecule has 4 unspecified atom stereocenters. The van der Waals surface area contributed by atoms with Crippen molar-refractivity contribution in [2.75, 3.05) is 40.0 Å². The third-order valence-corrected chi connectivity index (χ3v) is 3.19. The molecule has 0 bridgehead atoms. The van der Waals surface area contributed by atoms with Crippen LogP contribution >= 0.6 is 0 Å². The maximum absolute atomic E-state index is 9.72. The van der Waals surface area contributed by atoms with Gasteiger partial charge in [0.05, 0.1) is 32.0 Å². The second kappa shape index (κ2) is 7.25. The minimum atomic E-state index is -1.06. The van der Waals surface area contributed by atoms with Crippen LogP contribution < -0.4 is 0 Å². The van der Waals surface area contributed by atoms with Crippen LogP contribution in [0.15, 0.2) is 0 Å². The molecule has 1 fully saturated rings. The summed E-state index contributed by atoms with van der Waals surface area (Å²) in [6.07, 6.45) is -2.88. The van der Waals surface area contributed by atoms with Crippen LogP contribution in [0.4, 0.5) is 0 Å². The molecule has 6 nitrogen and oxygen atoms in total. The summed E-state index contributed by atoms with van der Waals surface area (Å²) in [7, 11) is 1.62. The van der Waals surface area contributed by atoms with Gasteiger partial charge in [0, 0.05) is 26.2 Å². The molecule has 0 aromatic carbocycles. The summed E-state index contributed by atoms with van der Waals surface area (Å²) in [5.74, 6) is 0. The van der Waals surface area contributed by atoms with Crippen LogP contribution in [0.1, 0.15) is 6.92 Å². The van der Waals surface area contributed by atoms with E-state index in [0.717, 1.165) is 0 Å². The Balaban J connectivity index is 2.28. The molecule has 1 aliphatic heterocycles. The maximum Gasteiger partial charge on any atom is 0.108 e. The molecular formula is C11H23NO5. The Morgan fingerprint density at radius 3 is 2.47 bits per heavy atom. The van der Waals surface area contributed by atoms with Gasteiger partial charge in [-0.1, -0.05) is 0 Å². The molecule has 1 heterocycles. The molecule has 0 saturated carbocycles. The third-order valence-electron chi connectivity index (χ3n) is 3.19. The number of aliphatic hydroxyl groups is 3. The highest BCUT2D eigenvalue weighted by atomic mass is 16.5. The van der Waals surface area contributed by atoms with Crippen LogP contribution in [0.2, 0.25) is 0 Å². The number of aliphatic hydroxyl groups excluding tert-OH is 3. The number of hydrogen-bond acceptors (Lipinski definition) is 6. The van der Waals surface area contributed by atoms with Crippen molar-refractivity contribution in [2.45, 2.75) is 31.3 Å². The molecule has 0 spiro atoms. The molecule has 0 radical (unpaired) electrons. The van der Waals surface area contributed by atoms with Crippen molar-refractivity contribution in [1.29, 1.82) is 0 Å². The molecule has 3 N–H and O–H groups in total. The average molecular weight is 249 g/mol. The molecule has 0 amide bonds. The summed E-state index contributed by atoms with van der Waals surface area (Å²) in [5.41, 5.74) is 0. The number of nitrogens with zero attached hydrogens (tertiary/aromatic N) is 1. The lowest BCUT2D eigenvalue weighted by atomic mass is 9.95. The minimum absolute atomic E-state index is 0.181. The lowest BCUT2D eigenvalue weighted by molar-refractivity contribution is -0.135. The predicted molar refractivity (Wildman–Crippen MR) is 61.8 cm³/mol. The van der Waals surface area contributed by atoms with Crippen molar-refractivity contribution in [2.24, 2.45) is 0 Å². The molecule has 1 saturated heterocycles. The van der Waals surface area contributed by atoms with Crippen molar-refractivity contribution >= 4 is 0 Å². The number of ether oxygens (including phenoxy) is 2. The van der Waals surface area contributed by atoms with Gasteiger partial charge in [0.15, 0.2) is 0 Å². The Morgan fingerprint density at radius 2 is 1.82 bits per heavy atom. The van der Waals surface area contributed by atoms with E-state index in [1.807, 2.05) is 11.8 Å². The summed E-state index contributed by atoms with van der Waals surface area (Å²) in [6, 6.07) is -0.181. The van der Waals surface area contributed by atoms with Gasteiger partial charge in [-0.25, -0.2) is 0 Å². The fourth-order valence-corrected chi connectivity index (χ4v) is 1.96. The first-order valence-corrected chi connectivity index (χ1v) is 5.93. The Labute approximate surface area is 102 Å². The van der Waals surface area contributed by atoms with E-state index in [-0.39, 0.29) is 6.04 Å². The van der Waals surface area contributed by atoms with E-state index in [9.17, 15) is 15.3 Å². The number of methoxy groups -OCH3 is 1. The summed E-state index contributed by atoms with van der Waals surface area (Å²) < 4.78 is 10.2. The normalized spacial score (nSPS) is 35.1. The van der Waals surface area contributed by atoms with Crippen molar-refractivity contribution in [3.63, 3.8) is 0 Å². The van der Waals surface area contributed by atoms with Crippen molar-refractivity contribution < 1.29 is 24.8 Å². The van der Waals surface area contributed by atoms with Crippen LogP contribution in [-0.2, 0) is 9.47 Å². The van der Waals surface area contributed by atoms with Crippen LogP contribution in [0.3, 0.4) is 0 Å². The van der Waals surface area contributed by atoms with Gasteiger partial charge in [-0.15, -0.1) is 0 Å². The number of rotatable bonds is 6. The monoisotopic (exact) mass is 249 g/mol. The number of likely N-dealkylation sites (tertiary alicyclic amines) is 1. The molecule has 0 aliphatic carbocycles. The van der Waals surface area contributed by atoms with E-state index in [1.54, 1.807) is 7.11 Å². The SMILES string of the molecule is COCCOCCN1CC(O)C(O)C(O)C1C. The van der Waals surface area contributed by atoms with Gasteiger partial charge in [0.1, 0.15) is 6.10 Å². The van der Waals surface area contributed by atoms with Crippen LogP contribution in [-0.4, -0.2) is 84.6 Å². The Hall–Kier alpha value is -0.240. The maximum atomic E-state index is 9.72. The molecule has 1 rings (SSSR count). The zero-order valence-corrected chi connectivity index (χ0v) is 10.5. The summed E-state index contributed by atoms with van der Waals surface area (Å²) >= 11 is 0. The molecule has 0 aromatic heterocycles. The summed E-state index contributed by atoms with van der Waals surface area (Å²) in [4.78, 5) is 1.91. The van der Waals surface area contributed by atoms with E-state index in [1.165, 1.54) is 0 Å². The quantitative estimate of drug-likeness (QED) is 0.494. The Morgan fingerprint density at radius 1 is 1.12 bits per heavy atom. The van der Waals surface area contributed by atoms with Crippen LogP contribution in [0, 0.1) is 0 Å². The smallest absolute Gasteiger partial charge is 0.108 e. The molecule has 4 atom stereocenters. The third kappa shape index (κ3) is 4.17. The highest BCUT2D eigenvalue weighted by molar-refractivity contribution is 4.91. The predicted octanol–water partition coefficient (Wildman–Crippen LogP) is -1.56. The molecule has 17 heavy (non-hydrogen) atoms. The lowest BCUT2D eigenvalue weighted by Gasteiger charge is -2.42. The lowest BCUT2D eigenvalue weighted by Crippen LogP contribution is -2.60. The van der Waals surface area contributed by atoms with Crippen molar-refractivity contribution in [3.05, 3.63) is 0 Å². The van der Waals surface area contributed by atoms with Gasteiger partial charge < -0.3 is 24.8 Å². The fraction of sp³-hybridized carbons (Fsp3) is 1.00. The minimum Gasteiger partial charge on any atom is -0.389 e. The average Bonchev–Trinajstić information content (AvgIpc) is 2.32. The van der Waals surface area contributed by atoms with E-state index >= 15 is 0 Å². The van der Waals surface area contributed by atoms with Crippen molar-refractivity contribution in [3.8, 4) is 0 Å². The Kier molecular flexibility index (Phi) is 6.32. The van der Waals surface area contributed by atoms with Crippen LogP contribution in [0.25, 0.3) is 0 Å².